The van der Waals surface area contributed by atoms with Crippen molar-refractivity contribution in [2.45, 2.75) is 57.6 Å². The van der Waals surface area contributed by atoms with Crippen molar-refractivity contribution >= 4 is 0 Å². The summed E-state index contributed by atoms with van der Waals surface area (Å²) in [4.78, 5) is 2.34. The summed E-state index contributed by atoms with van der Waals surface area (Å²) in [6, 6.07) is 0. The summed E-state index contributed by atoms with van der Waals surface area (Å²) in [6.45, 7) is 4.67. The van der Waals surface area contributed by atoms with Gasteiger partial charge in [0.05, 0.1) is 12.6 Å². The van der Waals surface area contributed by atoms with Gasteiger partial charge in [-0.2, -0.15) is 0 Å². The Balaban J connectivity index is 1.50. The molecular weight excluding hydrogens is 242 g/mol. The molecule has 5 heteroatoms. The molecule has 0 spiro atoms. The summed E-state index contributed by atoms with van der Waals surface area (Å²) < 4.78 is 5.75. The number of likely N-dealkylation sites (tertiary alicyclic amines) is 1. The molecule has 1 atom stereocenters. The number of aliphatic hydroxyl groups excluding tert-OH is 1. The highest BCUT2D eigenvalue weighted by Crippen LogP contribution is 2.35. The molecule has 1 saturated heterocycles. The van der Waals surface area contributed by atoms with Gasteiger partial charge in [0.2, 0.25) is 11.8 Å². The highest BCUT2D eigenvalue weighted by atomic mass is 16.4. The van der Waals surface area contributed by atoms with Crippen molar-refractivity contribution in [2.75, 3.05) is 13.1 Å². The Morgan fingerprint density at radius 1 is 1.26 bits per heavy atom. The normalized spacial score (nSPS) is 24.3. The van der Waals surface area contributed by atoms with Gasteiger partial charge in [0.15, 0.2) is 0 Å². The molecule has 5 nitrogen and oxygen atoms in total. The van der Waals surface area contributed by atoms with Gasteiger partial charge in [-0.1, -0.05) is 6.42 Å². The van der Waals surface area contributed by atoms with Crippen LogP contribution in [0.4, 0.5) is 0 Å². The highest BCUT2D eigenvalue weighted by molar-refractivity contribution is 4.96. The zero-order valence-corrected chi connectivity index (χ0v) is 11.6. The Hall–Kier alpha value is -0.940. The van der Waals surface area contributed by atoms with E-state index >= 15 is 0 Å². The van der Waals surface area contributed by atoms with Gasteiger partial charge in [0, 0.05) is 5.92 Å². The van der Waals surface area contributed by atoms with Crippen molar-refractivity contribution in [1.82, 2.24) is 15.1 Å². The SMILES string of the molecule is CC(O)C1CCN(Cc2nnc(C3CCC3)o2)CC1. The van der Waals surface area contributed by atoms with E-state index in [1.807, 2.05) is 6.92 Å². The minimum Gasteiger partial charge on any atom is -0.424 e. The molecule has 1 aromatic rings. The molecule has 1 N–H and O–H groups in total. The summed E-state index contributed by atoms with van der Waals surface area (Å²) in [5, 5.41) is 17.9. The molecular formula is C14H23N3O2. The van der Waals surface area contributed by atoms with Crippen molar-refractivity contribution < 1.29 is 9.52 Å². The van der Waals surface area contributed by atoms with Crippen molar-refractivity contribution in [3.63, 3.8) is 0 Å². The third kappa shape index (κ3) is 2.98. The molecule has 0 bridgehead atoms. The summed E-state index contributed by atoms with van der Waals surface area (Å²) in [6.07, 6.45) is 5.61. The lowest BCUT2D eigenvalue weighted by Crippen LogP contribution is -2.36. The Morgan fingerprint density at radius 3 is 2.58 bits per heavy atom. The molecule has 0 amide bonds. The van der Waals surface area contributed by atoms with Crippen molar-refractivity contribution in [2.24, 2.45) is 5.92 Å². The van der Waals surface area contributed by atoms with E-state index in [0.717, 1.165) is 44.3 Å². The molecule has 19 heavy (non-hydrogen) atoms. The summed E-state index contributed by atoms with van der Waals surface area (Å²) in [5.41, 5.74) is 0. The van der Waals surface area contributed by atoms with Crippen LogP contribution < -0.4 is 0 Å². The lowest BCUT2D eigenvalue weighted by molar-refractivity contribution is 0.0664. The van der Waals surface area contributed by atoms with Gasteiger partial charge in [0.25, 0.3) is 0 Å². The Kier molecular flexibility index (Phi) is 3.84. The second-order valence-electron chi connectivity index (χ2n) is 6.02. The van der Waals surface area contributed by atoms with Gasteiger partial charge in [-0.15, -0.1) is 10.2 Å². The third-order valence-corrected chi connectivity index (χ3v) is 4.61. The first kappa shape index (κ1) is 13.1. The van der Waals surface area contributed by atoms with Crippen LogP contribution in [-0.4, -0.2) is 39.4 Å². The van der Waals surface area contributed by atoms with Gasteiger partial charge >= 0.3 is 0 Å². The molecule has 2 aliphatic rings. The molecule has 0 radical (unpaired) electrons. The lowest BCUT2D eigenvalue weighted by Gasteiger charge is -2.32. The van der Waals surface area contributed by atoms with Gasteiger partial charge in [0.1, 0.15) is 0 Å². The van der Waals surface area contributed by atoms with Gasteiger partial charge < -0.3 is 9.52 Å². The fourth-order valence-corrected chi connectivity index (χ4v) is 2.94. The topological polar surface area (TPSA) is 62.4 Å². The second kappa shape index (κ2) is 5.59. The van der Waals surface area contributed by atoms with Crippen LogP contribution in [0.1, 0.15) is 56.7 Å². The zero-order chi connectivity index (χ0) is 13.2. The van der Waals surface area contributed by atoms with Crippen LogP contribution in [0.25, 0.3) is 0 Å². The number of hydrogen-bond acceptors (Lipinski definition) is 5. The van der Waals surface area contributed by atoms with Crippen LogP contribution in [0.3, 0.4) is 0 Å². The standard InChI is InChI=1S/C14H23N3O2/c1-10(18)11-5-7-17(8-6-11)9-13-15-16-14(19-13)12-3-2-4-12/h10-12,18H,2-9H2,1H3. The van der Waals surface area contributed by atoms with Crippen LogP contribution in [0.2, 0.25) is 0 Å². The first-order chi connectivity index (χ1) is 9.22. The van der Waals surface area contributed by atoms with Gasteiger partial charge in [-0.25, -0.2) is 0 Å². The maximum atomic E-state index is 9.59. The van der Waals surface area contributed by atoms with Crippen LogP contribution in [0, 0.1) is 5.92 Å². The first-order valence-electron chi connectivity index (χ1n) is 7.45. The van der Waals surface area contributed by atoms with Crippen molar-refractivity contribution in [1.29, 1.82) is 0 Å². The van der Waals surface area contributed by atoms with E-state index in [4.69, 9.17) is 4.42 Å². The van der Waals surface area contributed by atoms with Crippen LogP contribution in [-0.2, 0) is 6.54 Å². The zero-order valence-electron chi connectivity index (χ0n) is 11.6. The van der Waals surface area contributed by atoms with E-state index in [1.54, 1.807) is 0 Å². The quantitative estimate of drug-likeness (QED) is 0.901. The summed E-state index contributed by atoms with van der Waals surface area (Å²) in [5.74, 6) is 2.55. The average molecular weight is 265 g/mol. The third-order valence-electron chi connectivity index (χ3n) is 4.61. The Morgan fingerprint density at radius 2 is 2.00 bits per heavy atom. The average Bonchev–Trinajstić information content (AvgIpc) is 2.76. The van der Waals surface area contributed by atoms with Crippen LogP contribution in [0.15, 0.2) is 4.42 Å². The van der Waals surface area contributed by atoms with Crippen LogP contribution in [0.5, 0.6) is 0 Å². The van der Waals surface area contributed by atoms with E-state index in [2.05, 4.69) is 15.1 Å². The molecule has 1 unspecified atom stereocenters. The largest absolute Gasteiger partial charge is 0.424 e. The van der Waals surface area contributed by atoms with Crippen molar-refractivity contribution in [3.05, 3.63) is 11.8 Å². The van der Waals surface area contributed by atoms with E-state index < -0.39 is 0 Å². The van der Waals surface area contributed by atoms with E-state index in [0.29, 0.717) is 11.8 Å². The molecule has 106 valence electrons. The van der Waals surface area contributed by atoms with E-state index in [9.17, 15) is 5.11 Å². The monoisotopic (exact) mass is 265 g/mol. The number of aromatic nitrogens is 2. The molecule has 1 aliphatic carbocycles. The molecule has 1 aliphatic heterocycles. The molecule has 2 heterocycles. The Labute approximate surface area is 114 Å². The molecule has 1 aromatic heterocycles. The van der Waals surface area contributed by atoms with Gasteiger partial charge in [-0.05, 0) is 51.6 Å². The van der Waals surface area contributed by atoms with Crippen molar-refractivity contribution in [3.8, 4) is 0 Å². The number of aliphatic hydroxyl groups is 1. The lowest BCUT2D eigenvalue weighted by atomic mass is 9.85. The van der Waals surface area contributed by atoms with E-state index in [-0.39, 0.29) is 6.10 Å². The maximum absolute atomic E-state index is 9.59. The maximum Gasteiger partial charge on any atom is 0.230 e. The summed E-state index contributed by atoms with van der Waals surface area (Å²) >= 11 is 0. The fraction of sp³-hybridized carbons (Fsp3) is 0.857. The molecule has 1 saturated carbocycles. The molecule has 0 aromatic carbocycles. The number of rotatable bonds is 4. The van der Waals surface area contributed by atoms with E-state index in [1.165, 1.54) is 19.3 Å². The molecule has 2 fully saturated rings. The Bertz CT molecular complexity index is 407. The number of nitrogens with zero attached hydrogens (tertiary/aromatic N) is 3. The second-order valence-corrected chi connectivity index (χ2v) is 6.02. The van der Waals surface area contributed by atoms with Crippen LogP contribution >= 0.6 is 0 Å². The number of piperidine rings is 1. The first-order valence-corrected chi connectivity index (χ1v) is 7.45. The predicted molar refractivity (Wildman–Crippen MR) is 70.6 cm³/mol. The smallest absolute Gasteiger partial charge is 0.230 e. The fourth-order valence-electron chi connectivity index (χ4n) is 2.94. The molecule has 3 rings (SSSR count). The highest BCUT2D eigenvalue weighted by Gasteiger charge is 2.27. The minimum absolute atomic E-state index is 0.184. The summed E-state index contributed by atoms with van der Waals surface area (Å²) in [7, 11) is 0. The minimum atomic E-state index is -0.184. The predicted octanol–water partition coefficient (Wildman–Crippen LogP) is 1.93. The van der Waals surface area contributed by atoms with Gasteiger partial charge in [-0.3, -0.25) is 4.90 Å². The number of hydrogen-bond donors (Lipinski definition) is 1.